The van der Waals surface area contributed by atoms with E-state index in [1.54, 1.807) is 13.8 Å². The van der Waals surface area contributed by atoms with Crippen LogP contribution in [-0.2, 0) is 19.6 Å². The largest absolute Gasteiger partial charge is 0.381 e. The Hall–Kier alpha value is -0.990. The van der Waals surface area contributed by atoms with Gasteiger partial charge in [0.15, 0.2) is 4.21 Å². The van der Waals surface area contributed by atoms with Gasteiger partial charge in [-0.1, -0.05) is 0 Å². The lowest BCUT2D eigenvalue weighted by Crippen LogP contribution is -2.30. The number of aromatic nitrogens is 1. The number of carbonyl (C=O) groups is 1. The van der Waals surface area contributed by atoms with Gasteiger partial charge in [-0.25, -0.2) is 18.1 Å². The van der Waals surface area contributed by atoms with Crippen molar-refractivity contribution in [2.24, 2.45) is 5.92 Å². The van der Waals surface area contributed by atoms with Crippen LogP contribution in [0.2, 0.25) is 0 Å². The third-order valence-corrected chi connectivity index (χ3v) is 6.21. The van der Waals surface area contributed by atoms with E-state index in [1.165, 1.54) is 0 Å². The maximum atomic E-state index is 12.1. The van der Waals surface area contributed by atoms with Crippen molar-refractivity contribution >= 4 is 27.3 Å². The fraction of sp³-hybridized carbons (Fsp3) is 0.667. The molecular weight excluding hydrogens is 300 g/mol. The first-order valence-electron chi connectivity index (χ1n) is 6.46. The zero-order valence-corrected chi connectivity index (χ0v) is 13.1. The normalized spacial score (nSPS) is 19.2. The van der Waals surface area contributed by atoms with Gasteiger partial charge in [0.2, 0.25) is 5.91 Å². The molecule has 1 aliphatic rings. The molecule has 2 rings (SSSR count). The second-order valence-electron chi connectivity index (χ2n) is 4.90. The molecule has 1 aromatic rings. The highest BCUT2D eigenvalue weighted by Crippen LogP contribution is 2.23. The van der Waals surface area contributed by atoms with Crippen molar-refractivity contribution in [3.63, 3.8) is 0 Å². The molecule has 1 amide bonds. The molecule has 1 atom stereocenters. The van der Waals surface area contributed by atoms with Crippen LogP contribution in [0.1, 0.15) is 30.0 Å². The third kappa shape index (κ3) is 3.77. The highest BCUT2D eigenvalue weighted by molar-refractivity contribution is 7.92. The summed E-state index contributed by atoms with van der Waals surface area (Å²) in [6, 6.07) is 0. The van der Waals surface area contributed by atoms with Crippen LogP contribution in [0.4, 0.5) is 0 Å². The van der Waals surface area contributed by atoms with Crippen LogP contribution in [0.3, 0.4) is 0 Å². The van der Waals surface area contributed by atoms with Gasteiger partial charge < -0.3 is 4.74 Å². The molecule has 1 saturated heterocycles. The van der Waals surface area contributed by atoms with Crippen molar-refractivity contribution in [3.05, 3.63) is 10.7 Å². The van der Waals surface area contributed by atoms with Gasteiger partial charge in [-0.05, 0) is 32.6 Å². The van der Waals surface area contributed by atoms with Gasteiger partial charge in [-0.15, -0.1) is 11.3 Å². The van der Waals surface area contributed by atoms with Crippen LogP contribution >= 0.6 is 11.3 Å². The zero-order chi connectivity index (χ0) is 14.8. The molecule has 0 aliphatic carbocycles. The lowest BCUT2D eigenvalue weighted by molar-refractivity contribution is -0.119. The first-order chi connectivity index (χ1) is 9.38. The van der Waals surface area contributed by atoms with Crippen LogP contribution in [0.25, 0.3) is 0 Å². The number of sulfonamides is 1. The lowest BCUT2D eigenvalue weighted by atomic mass is 10.0. The van der Waals surface area contributed by atoms with E-state index in [9.17, 15) is 13.2 Å². The van der Waals surface area contributed by atoms with Gasteiger partial charge in [0.25, 0.3) is 10.0 Å². The van der Waals surface area contributed by atoms with Crippen molar-refractivity contribution in [1.29, 1.82) is 0 Å². The summed E-state index contributed by atoms with van der Waals surface area (Å²) in [7, 11) is -3.79. The molecular formula is C12H18N2O4S2. The molecule has 8 heteroatoms. The molecule has 112 valence electrons. The van der Waals surface area contributed by atoms with Crippen molar-refractivity contribution in [3.8, 4) is 0 Å². The minimum absolute atomic E-state index is 0.118. The summed E-state index contributed by atoms with van der Waals surface area (Å²) in [5.74, 6) is -0.113. The van der Waals surface area contributed by atoms with E-state index in [2.05, 4.69) is 9.71 Å². The first-order valence-corrected chi connectivity index (χ1v) is 8.76. The Kier molecular flexibility index (Phi) is 4.77. The average Bonchev–Trinajstić information content (AvgIpc) is 2.95. The summed E-state index contributed by atoms with van der Waals surface area (Å²) in [5.41, 5.74) is 0.428. The van der Waals surface area contributed by atoms with Crippen molar-refractivity contribution in [2.45, 2.75) is 37.3 Å². The van der Waals surface area contributed by atoms with Crippen LogP contribution in [-0.4, -0.2) is 32.5 Å². The monoisotopic (exact) mass is 318 g/mol. The van der Waals surface area contributed by atoms with Crippen LogP contribution in [0.15, 0.2) is 4.21 Å². The SMILES string of the molecule is Cc1nc(C)c(S(=O)(=O)NC(=O)CCC2CCOC2)s1. The number of rotatable bonds is 5. The Balaban J connectivity index is 1.94. The fourth-order valence-electron chi connectivity index (χ4n) is 2.16. The molecule has 0 radical (unpaired) electrons. The van der Waals surface area contributed by atoms with Crippen molar-refractivity contribution < 1.29 is 17.9 Å². The summed E-state index contributed by atoms with van der Waals surface area (Å²) < 4.78 is 31.6. The lowest BCUT2D eigenvalue weighted by Gasteiger charge is -2.08. The molecule has 0 bridgehead atoms. The molecule has 1 aromatic heterocycles. The number of aryl methyl sites for hydroxylation is 2. The van der Waals surface area contributed by atoms with Crippen LogP contribution < -0.4 is 4.72 Å². The second-order valence-corrected chi connectivity index (χ2v) is 7.98. The molecule has 2 heterocycles. The van der Waals surface area contributed by atoms with E-state index in [-0.39, 0.29) is 10.6 Å². The third-order valence-electron chi connectivity index (χ3n) is 3.16. The number of thiazole rings is 1. The zero-order valence-electron chi connectivity index (χ0n) is 11.5. The number of ether oxygens (including phenoxy) is 1. The van der Waals surface area contributed by atoms with Gasteiger partial charge in [0.1, 0.15) is 0 Å². The van der Waals surface area contributed by atoms with E-state index in [1.807, 2.05) is 0 Å². The van der Waals surface area contributed by atoms with Gasteiger partial charge in [-0.3, -0.25) is 4.79 Å². The smallest absolute Gasteiger partial charge is 0.275 e. The van der Waals surface area contributed by atoms with Gasteiger partial charge >= 0.3 is 0 Å². The fourth-order valence-corrected chi connectivity index (χ4v) is 4.65. The number of nitrogens with one attached hydrogen (secondary N) is 1. The standard InChI is InChI=1S/C12H18N2O4S2/c1-8-12(19-9(2)13-8)20(16,17)14-11(15)4-3-10-5-6-18-7-10/h10H,3-7H2,1-2H3,(H,14,15). The molecule has 0 aromatic carbocycles. The number of carbonyl (C=O) groups excluding carboxylic acids is 1. The maximum Gasteiger partial charge on any atom is 0.275 e. The number of amides is 1. The van der Waals surface area contributed by atoms with E-state index < -0.39 is 15.9 Å². The molecule has 20 heavy (non-hydrogen) atoms. The van der Waals surface area contributed by atoms with Gasteiger partial charge in [-0.2, -0.15) is 0 Å². The molecule has 6 nitrogen and oxygen atoms in total. The van der Waals surface area contributed by atoms with Crippen LogP contribution in [0.5, 0.6) is 0 Å². The summed E-state index contributed by atoms with van der Waals surface area (Å²) in [5, 5.41) is 0.665. The number of hydrogen-bond acceptors (Lipinski definition) is 6. The predicted molar refractivity (Wildman–Crippen MR) is 75.1 cm³/mol. The Bertz CT molecular complexity index is 589. The van der Waals surface area contributed by atoms with E-state index in [0.29, 0.717) is 29.6 Å². The summed E-state index contributed by atoms with van der Waals surface area (Å²) in [6.07, 6.45) is 1.79. The molecule has 1 N–H and O–H groups in total. The predicted octanol–water partition coefficient (Wildman–Crippen LogP) is 1.38. The average molecular weight is 318 g/mol. The van der Waals surface area contributed by atoms with E-state index in [4.69, 9.17) is 4.74 Å². The minimum atomic E-state index is -3.79. The Labute approximate surface area is 122 Å². The summed E-state index contributed by atoms with van der Waals surface area (Å²) >= 11 is 1.07. The minimum Gasteiger partial charge on any atom is -0.381 e. The Morgan fingerprint density at radius 3 is 2.80 bits per heavy atom. The van der Waals surface area contributed by atoms with Crippen molar-refractivity contribution in [1.82, 2.24) is 9.71 Å². The topological polar surface area (TPSA) is 85.4 Å². The highest BCUT2D eigenvalue weighted by atomic mass is 32.2. The summed E-state index contributed by atoms with van der Waals surface area (Å²) in [4.78, 5) is 15.8. The summed E-state index contributed by atoms with van der Waals surface area (Å²) in [6.45, 7) is 4.74. The quantitative estimate of drug-likeness (QED) is 0.886. The van der Waals surface area contributed by atoms with Crippen LogP contribution in [0, 0.1) is 19.8 Å². The Morgan fingerprint density at radius 1 is 1.50 bits per heavy atom. The molecule has 1 unspecified atom stereocenters. The van der Waals surface area contributed by atoms with Crippen molar-refractivity contribution in [2.75, 3.05) is 13.2 Å². The van der Waals surface area contributed by atoms with Gasteiger partial charge in [0, 0.05) is 19.6 Å². The molecule has 1 aliphatic heterocycles. The number of hydrogen-bond donors (Lipinski definition) is 1. The second kappa shape index (κ2) is 6.19. The first kappa shape index (κ1) is 15.4. The molecule has 0 spiro atoms. The Morgan fingerprint density at radius 2 is 2.25 bits per heavy atom. The van der Waals surface area contributed by atoms with Gasteiger partial charge in [0.05, 0.1) is 10.7 Å². The van der Waals surface area contributed by atoms with E-state index in [0.717, 1.165) is 24.4 Å². The number of nitrogens with zero attached hydrogens (tertiary/aromatic N) is 1. The van der Waals surface area contributed by atoms with E-state index >= 15 is 0 Å². The highest BCUT2D eigenvalue weighted by Gasteiger charge is 2.24. The molecule has 0 saturated carbocycles. The maximum absolute atomic E-state index is 12.1. The molecule has 1 fully saturated rings.